The van der Waals surface area contributed by atoms with E-state index >= 15 is 0 Å². The summed E-state index contributed by atoms with van der Waals surface area (Å²) in [5, 5.41) is 0.320. The number of carbonyl (C=O) groups is 2. The molecule has 0 saturated carbocycles. The molecule has 0 spiro atoms. The van der Waals surface area contributed by atoms with Crippen LogP contribution in [0.15, 0.2) is 70.7 Å². The van der Waals surface area contributed by atoms with Gasteiger partial charge in [0.2, 0.25) is 0 Å². The largest absolute Gasteiger partial charge is 0.334 e. The van der Waals surface area contributed by atoms with Crippen molar-refractivity contribution in [3.63, 3.8) is 0 Å². The van der Waals surface area contributed by atoms with Crippen LogP contribution in [0.5, 0.6) is 0 Å². The summed E-state index contributed by atoms with van der Waals surface area (Å²) in [4.78, 5) is 28.4. The lowest BCUT2D eigenvalue weighted by molar-refractivity contribution is -0.134. The van der Waals surface area contributed by atoms with E-state index in [2.05, 4.69) is 0 Å². The van der Waals surface area contributed by atoms with Crippen LogP contribution in [-0.2, 0) is 9.59 Å². The number of amides is 2. The van der Waals surface area contributed by atoms with Crippen molar-refractivity contribution < 1.29 is 9.59 Å². The molecule has 0 aliphatic carbocycles. The molecule has 2 aromatic rings. The maximum atomic E-state index is 12.5. The fourth-order valence-corrected chi connectivity index (χ4v) is 3.42. The van der Waals surface area contributed by atoms with Crippen molar-refractivity contribution in [2.75, 3.05) is 26.2 Å². The van der Waals surface area contributed by atoms with E-state index in [-0.39, 0.29) is 21.9 Å². The Morgan fingerprint density at radius 2 is 0.964 bits per heavy atom. The summed E-state index contributed by atoms with van der Waals surface area (Å²) in [6, 6.07) is 18.9. The first-order valence-electron chi connectivity index (χ1n) is 8.97. The zero-order valence-electron chi connectivity index (χ0n) is 15.2. The second-order valence-corrected chi connectivity index (χ2v) is 7.20. The van der Waals surface area contributed by atoms with Crippen molar-refractivity contribution in [2.24, 2.45) is 0 Å². The molecule has 0 N–H and O–H groups in total. The molecular weight excluding hydrogens is 395 g/mol. The summed E-state index contributed by atoms with van der Waals surface area (Å²) in [6.45, 7) is 1.66. The van der Waals surface area contributed by atoms with Crippen LogP contribution in [0.2, 0.25) is 0 Å². The molecule has 1 saturated heterocycles. The highest BCUT2D eigenvalue weighted by molar-refractivity contribution is 6.44. The van der Waals surface area contributed by atoms with Crippen molar-refractivity contribution in [3.05, 3.63) is 81.9 Å². The van der Waals surface area contributed by atoms with E-state index in [0.29, 0.717) is 26.2 Å². The molecule has 1 heterocycles. The van der Waals surface area contributed by atoms with Crippen LogP contribution in [-0.4, -0.2) is 47.8 Å². The van der Waals surface area contributed by atoms with Gasteiger partial charge in [-0.15, -0.1) is 0 Å². The summed E-state index contributed by atoms with van der Waals surface area (Å²) < 4.78 is 0. The molecule has 2 aromatic carbocycles. The van der Waals surface area contributed by atoms with Crippen LogP contribution < -0.4 is 0 Å². The highest BCUT2D eigenvalue weighted by Gasteiger charge is 2.26. The third-order valence-electron chi connectivity index (χ3n) is 4.45. The van der Waals surface area contributed by atoms with E-state index in [4.69, 9.17) is 23.2 Å². The molecule has 0 bridgehead atoms. The van der Waals surface area contributed by atoms with Gasteiger partial charge in [0, 0.05) is 26.2 Å². The van der Waals surface area contributed by atoms with Crippen LogP contribution in [0.4, 0.5) is 0 Å². The predicted octanol–water partition coefficient (Wildman–Crippen LogP) is 4.22. The second kappa shape index (κ2) is 9.58. The normalized spacial score (nSPS) is 15.5. The van der Waals surface area contributed by atoms with Crippen LogP contribution in [0, 0.1) is 0 Å². The van der Waals surface area contributed by atoms with E-state index in [0.717, 1.165) is 11.1 Å². The maximum absolute atomic E-state index is 12.5. The number of rotatable bonds is 4. The van der Waals surface area contributed by atoms with Gasteiger partial charge in [0.25, 0.3) is 11.8 Å². The lowest BCUT2D eigenvalue weighted by Gasteiger charge is -2.34. The number of piperazine rings is 1. The monoisotopic (exact) mass is 414 g/mol. The van der Waals surface area contributed by atoms with E-state index < -0.39 is 0 Å². The molecule has 3 rings (SSSR count). The first-order valence-corrected chi connectivity index (χ1v) is 9.73. The van der Waals surface area contributed by atoms with Crippen molar-refractivity contribution in [3.8, 4) is 0 Å². The first kappa shape index (κ1) is 20.2. The van der Waals surface area contributed by atoms with Crippen LogP contribution in [0.3, 0.4) is 0 Å². The summed E-state index contributed by atoms with van der Waals surface area (Å²) in [6.07, 6.45) is 3.31. The standard InChI is InChI=1S/C22H20Cl2N2O2/c23-19(15-17-7-3-1-4-8-17)21(27)25-11-13-26(14-12-25)22(28)20(24)16-18-9-5-2-6-10-18/h1-10,15-16H,11-14H2. The van der Waals surface area contributed by atoms with E-state index in [1.807, 2.05) is 60.7 Å². The minimum Gasteiger partial charge on any atom is -0.334 e. The molecule has 0 atom stereocenters. The van der Waals surface area contributed by atoms with Gasteiger partial charge in [0.05, 0.1) is 0 Å². The average Bonchev–Trinajstić information content (AvgIpc) is 2.74. The van der Waals surface area contributed by atoms with Gasteiger partial charge < -0.3 is 9.80 Å². The average molecular weight is 415 g/mol. The summed E-state index contributed by atoms with van der Waals surface area (Å²) in [5.74, 6) is -0.466. The van der Waals surface area contributed by atoms with Crippen LogP contribution >= 0.6 is 23.2 Å². The molecule has 28 heavy (non-hydrogen) atoms. The molecule has 1 fully saturated rings. The molecule has 0 radical (unpaired) electrons. The quantitative estimate of drug-likeness (QED) is 0.702. The third-order valence-corrected chi connectivity index (χ3v) is 4.99. The Balaban J connectivity index is 1.58. The van der Waals surface area contributed by atoms with Crippen molar-refractivity contribution in [1.82, 2.24) is 9.80 Å². The topological polar surface area (TPSA) is 40.6 Å². The molecule has 2 amide bonds. The lowest BCUT2D eigenvalue weighted by Crippen LogP contribution is -2.50. The highest BCUT2D eigenvalue weighted by Crippen LogP contribution is 2.17. The summed E-state index contributed by atoms with van der Waals surface area (Å²) in [5.41, 5.74) is 1.74. The van der Waals surface area contributed by atoms with E-state index in [9.17, 15) is 9.59 Å². The number of carbonyl (C=O) groups excluding carboxylic acids is 2. The fourth-order valence-electron chi connectivity index (χ4n) is 2.93. The van der Waals surface area contributed by atoms with Gasteiger partial charge in [-0.3, -0.25) is 9.59 Å². The Labute approximate surface area is 174 Å². The lowest BCUT2D eigenvalue weighted by atomic mass is 10.2. The summed E-state index contributed by atoms with van der Waals surface area (Å²) in [7, 11) is 0. The van der Waals surface area contributed by atoms with Crippen molar-refractivity contribution >= 4 is 47.2 Å². The second-order valence-electron chi connectivity index (χ2n) is 6.39. The number of benzene rings is 2. The SMILES string of the molecule is O=C(C(Cl)=Cc1ccccc1)N1CCN(C(=O)C(Cl)=Cc2ccccc2)CC1. The summed E-state index contributed by atoms with van der Waals surface area (Å²) >= 11 is 12.4. The predicted molar refractivity (Wildman–Crippen MR) is 114 cm³/mol. The molecule has 0 unspecified atom stereocenters. The van der Waals surface area contributed by atoms with Crippen molar-refractivity contribution in [1.29, 1.82) is 0 Å². The van der Waals surface area contributed by atoms with Crippen LogP contribution in [0.25, 0.3) is 12.2 Å². The first-order chi connectivity index (χ1) is 13.5. The molecule has 4 nitrogen and oxygen atoms in total. The molecule has 144 valence electrons. The Kier molecular flexibility index (Phi) is 6.90. The van der Waals surface area contributed by atoms with E-state index in [1.165, 1.54) is 0 Å². The number of hydrogen-bond acceptors (Lipinski definition) is 2. The minimum atomic E-state index is -0.233. The maximum Gasteiger partial charge on any atom is 0.265 e. The van der Waals surface area contributed by atoms with Gasteiger partial charge >= 0.3 is 0 Å². The minimum absolute atomic E-state index is 0.160. The highest BCUT2D eigenvalue weighted by atomic mass is 35.5. The van der Waals surface area contributed by atoms with Crippen LogP contribution in [0.1, 0.15) is 11.1 Å². The number of hydrogen-bond donors (Lipinski definition) is 0. The Morgan fingerprint density at radius 1 is 0.643 bits per heavy atom. The molecule has 6 heteroatoms. The smallest absolute Gasteiger partial charge is 0.265 e. The number of nitrogens with zero attached hydrogens (tertiary/aromatic N) is 2. The zero-order chi connectivity index (χ0) is 19.9. The molecule has 1 aliphatic heterocycles. The Morgan fingerprint density at radius 3 is 1.29 bits per heavy atom. The number of halogens is 2. The molecule has 0 aromatic heterocycles. The Bertz CT molecular complexity index is 812. The molecule has 1 aliphatic rings. The fraction of sp³-hybridized carbons (Fsp3) is 0.182. The zero-order valence-corrected chi connectivity index (χ0v) is 16.7. The van der Waals surface area contributed by atoms with Crippen molar-refractivity contribution in [2.45, 2.75) is 0 Å². The van der Waals surface area contributed by atoms with Gasteiger partial charge in [-0.1, -0.05) is 83.9 Å². The van der Waals surface area contributed by atoms with Gasteiger partial charge in [0.1, 0.15) is 10.1 Å². The molecular formula is C22H20Cl2N2O2. The van der Waals surface area contributed by atoms with Gasteiger partial charge in [0.15, 0.2) is 0 Å². The third kappa shape index (κ3) is 5.24. The van der Waals surface area contributed by atoms with Gasteiger partial charge in [-0.2, -0.15) is 0 Å². The Hall–Kier alpha value is -2.56. The van der Waals surface area contributed by atoms with E-state index in [1.54, 1.807) is 22.0 Å². The van der Waals surface area contributed by atoms with Gasteiger partial charge in [-0.05, 0) is 23.3 Å². The van der Waals surface area contributed by atoms with Gasteiger partial charge in [-0.25, -0.2) is 0 Å².